The van der Waals surface area contributed by atoms with Crippen LogP contribution in [0.3, 0.4) is 0 Å². The molecule has 4 aromatic rings. The number of para-hydroxylation sites is 1. The van der Waals surface area contributed by atoms with E-state index in [1.165, 1.54) is 4.90 Å². The number of pyridine rings is 1. The van der Waals surface area contributed by atoms with E-state index in [1.807, 2.05) is 13.0 Å². The molecule has 6 rings (SSSR count). The molecule has 1 N–H and O–H groups in total. The molecule has 2 saturated heterocycles. The second kappa shape index (κ2) is 10.2. The number of carbonyl (C=O) groups is 1. The van der Waals surface area contributed by atoms with Crippen molar-refractivity contribution in [2.75, 3.05) is 36.1 Å². The SMILES string of the molecule is C[C@H]1COCCN1c1cc(Br)cnc1OC1C[C@@H](C(=O)O)N(c2nc(C(F)F)nc3c2oc2ccccc23)C1. The third kappa shape index (κ3) is 4.73. The van der Waals surface area contributed by atoms with Gasteiger partial charge in [-0.1, -0.05) is 12.1 Å². The first-order chi connectivity index (χ1) is 18.8. The Labute approximate surface area is 229 Å². The maximum Gasteiger partial charge on any atom is 0.326 e. The molecular formula is C26H24BrF2N5O5. The molecule has 0 spiro atoms. The summed E-state index contributed by atoms with van der Waals surface area (Å²) >= 11 is 3.47. The van der Waals surface area contributed by atoms with Gasteiger partial charge < -0.3 is 28.8 Å². The number of rotatable bonds is 6. The summed E-state index contributed by atoms with van der Waals surface area (Å²) < 4.78 is 46.3. The molecule has 204 valence electrons. The van der Waals surface area contributed by atoms with Crippen molar-refractivity contribution in [3.05, 3.63) is 46.8 Å². The summed E-state index contributed by atoms with van der Waals surface area (Å²) in [4.78, 5) is 28.5. The number of furan rings is 1. The highest BCUT2D eigenvalue weighted by molar-refractivity contribution is 9.10. The molecule has 1 unspecified atom stereocenters. The van der Waals surface area contributed by atoms with Crippen LogP contribution in [0.2, 0.25) is 0 Å². The van der Waals surface area contributed by atoms with Crippen molar-refractivity contribution < 1.29 is 32.6 Å². The average molecular weight is 604 g/mol. The average Bonchev–Trinajstić information content (AvgIpc) is 3.51. The summed E-state index contributed by atoms with van der Waals surface area (Å²) in [5.74, 6) is -1.48. The molecule has 0 aliphatic carbocycles. The van der Waals surface area contributed by atoms with Gasteiger partial charge in [0, 0.05) is 35.1 Å². The lowest BCUT2D eigenvalue weighted by Crippen LogP contribution is -2.44. The van der Waals surface area contributed by atoms with Gasteiger partial charge in [0.25, 0.3) is 6.43 Å². The molecule has 2 aliphatic heterocycles. The van der Waals surface area contributed by atoms with Gasteiger partial charge in [0.2, 0.25) is 5.88 Å². The fourth-order valence-electron chi connectivity index (χ4n) is 5.19. The van der Waals surface area contributed by atoms with Crippen molar-refractivity contribution >= 4 is 55.5 Å². The number of alkyl halides is 2. The summed E-state index contributed by atoms with van der Waals surface area (Å²) in [7, 11) is 0. The van der Waals surface area contributed by atoms with E-state index in [-0.39, 0.29) is 35.9 Å². The van der Waals surface area contributed by atoms with Crippen LogP contribution in [0.1, 0.15) is 25.6 Å². The first-order valence-corrected chi connectivity index (χ1v) is 13.2. The van der Waals surface area contributed by atoms with Gasteiger partial charge in [0.05, 0.1) is 19.8 Å². The van der Waals surface area contributed by atoms with Crippen LogP contribution in [-0.4, -0.2) is 70.5 Å². The molecule has 2 fully saturated rings. The Morgan fingerprint density at radius 3 is 2.85 bits per heavy atom. The predicted octanol–water partition coefficient (Wildman–Crippen LogP) is 4.81. The molecule has 0 radical (unpaired) electrons. The van der Waals surface area contributed by atoms with Gasteiger partial charge >= 0.3 is 5.97 Å². The van der Waals surface area contributed by atoms with Crippen molar-refractivity contribution in [3.8, 4) is 5.88 Å². The van der Waals surface area contributed by atoms with Crippen molar-refractivity contribution in [1.29, 1.82) is 0 Å². The van der Waals surface area contributed by atoms with Gasteiger partial charge in [-0.05, 0) is 41.1 Å². The largest absolute Gasteiger partial charge is 0.480 e. The van der Waals surface area contributed by atoms with Crippen LogP contribution >= 0.6 is 15.9 Å². The highest BCUT2D eigenvalue weighted by Gasteiger charge is 2.41. The number of fused-ring (bicyclic) bond motifs is 3. The number of carboxylic acid groups (broad SMARTS) is 1. The van der Waals surface area contributed by atoms with Gasteiger partial charge in [0.15, 0.2) is 17.2 Å². The minimum Gasteiger partial charge on any atom is -0.480 e. The van der Waals surface area contributed by atoms with Crippen molar-refractivity contribution in [2.45, 2.75) is 38.0 Å². The molecule has 0 amide bonds. The zero-order valence-electron chi connectivity index (χ0n) is 20.8. The zero-order valence-corrected chi connectivity index (χ0v) is 22.3. The molecule has 10 nitrogen and oxygen atoms in total. The second-order valence-corrected chi connectivity index (χ2v) is 10.5. The Kier molecular flexibility index (Phi) is 6.71. The van der Waals surface area contributed by atoms with Crippen LogP contribution < -0.4 is 14.5 Å². The fourth-order valence-corrected chi connectivity index (χ4v) is 5.51. The standard InChI is InChI=1S/C26H24BrF2N5O5/c1-13-12-37-7-6-33(13)17-8-14(27)10-30-25(17)38-15-9-18(26(35)36)34(11-15)24-21-20(31-23(32-24)22(28)29)16-4-2-3-5-19(16)39-21/h2-5,8,10,13,15,18,22H,6-7,9,11-12H2,1H3,(H,35,36)/t13-,15?,18-/m0/s1. The molecular weight excluding hydrogens is 580 g/mol. The topological polar surface area (TPSA) is 114 Å². The lowest BCUT2D eigenvalue weighted by molar-refractivity contribution is -0.138. The fraction of sp³-hybridized carbons (Fsp3) is 0.385. The van der Waals surface area contributed by atoms with Crippen LogP contribution in [0.15, 0.2) is 45.4 Å². The minimum atomic E-state index is -2.95. The van der Waals surface area contributed by atoms with E-state index < -0.39 is 30.4 Å². The monoisotopic (exact) mass is 603 g/mol. The van der Waals surface area contributed by atoms with Crippen LogP contribution in [0.25, 0.3) is 22.1 Å². The van der Waals surface area contributed by atoms with Gasteiger partial charge in [-0.25, -0.2) is 28.5 Å². The maximum atomic E-state index is 13.8. The highest BCUT2D eigenvalue weighted by Crippen LogP contribution is 2.39. The lowest BCUT2D eigenvalue weighted by atomic mass is 10.2. The second-order valence-electron chi connectivity index (χ2n) is 9.56. The first-order valence-electron chi connectivity index (χ1n) is 12.4. The Hall–Kier alpha value is -3.58. The van der Waals surface area contributed by atoms with Crippen molar-refractivity contribution in [3.63, 3.8) is 0 Å². The van der Waals surface area contributed by atoms with E-state index in [1.54, 1.807) is 30.5 Å². The number of benzene rings is 1. The van der Waals surface area contributed by atoms with E-state index in [4.69, 9.17) is 13.9 Å². The van der Waals surface area contributed by atoms with Gasteiger partial charge in [-0.2, -0.15) is 0 Å². The first kappa shape index (κ1) is 25.7. The van der Waals surface area contributed by atoms with E-state index in [9.17, 15) is 18.7 Å². The van der Waals surface area contributed by atoms with E-state index in [0.29, 0.717) is 36.6 Å². The smallest absolute Gasteiger partial charge is 0.326 e. The van der Waals surface area contributed by atoms with Crippen LogP contribution in [0.4, 0.5) is 20.3 Å². The number of hydrogen-bond acceptors (Lipinski definition) is 9. The molecule has 3 atom stereocenters. The molecule has 0 bridgehead atoms. The number of carboxylic acids is 1. The number of nitrogens with zero attached hydrogens (tertiary/aromatic N) is 5. The normalized spacial score (nSPS) is 21.8. The van der Waals surface area contributed by atoms with Crippen molar-refractivity contribution in [2.24, 2.45) is 0 Å². The predicted molar refractivity (Wildman–Crippen MR) is 142 cm³/mol. The maximum absolute atomic E-state index is 13.8. The van der Waals surface area contributed by atoms with Crippen LogP contribution in [0, 0.1) is 0 Å². The summed E-state index contributed by atoms with van der Waals surface area (Å²) in [6.45, 7) is 3.86. The van der Waals surface area contributed by atoms with Crippen LogP contribution in [0.5, 0.6) is 5.88 Å². The number of ether oxygens (including phenoxy) is 2. The summed E-state index contributed by atoms with van der Waals surface area (Å²) in [5, 5.41) is 10.6. The molecule has 3 aromatic heterocycles. The van der Waals surface area contributed by atoms with E-state index in [0.717, 1.165) is 10.2 Å². The third-order valence-corrected chi connectivity index (χ3v) is 7.42. The highest BCUT2D eigenvalue weighted by atomic mass is 79.9. The van der Waals surface area contributed by atoms with Gasteiger partial charge in [-0.15, -0.1) is 0 Å². The van der Waals surface area contributed by atoms with Gasteiger partial charge in [-0.3, -0.25) is 0 Å². The number of aromatic nitrogens is 3. The molecule has 13 heteroatoms. The third-order valence-electron chi connectivity index (χ3n) is 6.99. The number of aliphatic carboxylic acids is 1. The Balaban J connectivity index is 1.38. The summed E-state index contributed by atoms with van der Waals surface area (Å²) in [6.07, 6.45) is -1.87. The van der Waals surface area contributed by atoms with E-state index in [2.05, 4.69) is 35.8 Å². The Morgan fingerprint density at radius 1 is 1.26 bits per heavy atom. The number of morpholine rings is 1. The molecule has 0 saturated carbocycles. The van der Waals surface area contributed by atoms with Crippen LogP contribution in [-0.2, 0) is 9.53 Å². The number of hydrogen-bond donors (Lipinski definition) is 1. The number of halogens is 3. The van der Waals surface area contributed by atoms with Crippen molar-refractivity contribution in [1.82, 2.24) is 15.0 Å². The Morgan fingerprint density at radius 2 is 2.08 bits per heavy atom. The minimum absolute atomic E-state index is 0.00390. The van der Waals surface area contributed by atoms with E-state index >= 15 is 0 Å². The molecule has 39 heavy (non-hydrogen) atoms. The summed E-state index contributed by atoms with van der Waals surface area (Å²) in [6, 6.07) is 7.81. The zero-order chi connectivity index (χ0) is 27.3. The quantitative estimate of drug-likeness (QED) is 0.329. The van der Waals surface area contributed by atoms with Gasteiger partial charge in [0.1, 0.15) is 28.9 Å². The molecule has 1 aromatic carbocycles. The number of anilines is 2. The summed E-state index contributed by atoms with van der Waals surface area (Å²) in [5.41, 5.74) is 1.55. The molecule has 5 heterocycles. The Bertz CT molecular complexity index is 1550. The lowest BCUT2D eigenvalue weighted by Gasteiger charge is -2.36. The molecule has 2 aliphatic rings.